The Balaban J connectivity index is 2.29. The van der Waals surface area contributed by atoms with Gasteiger partial charge < -0.3 is 4.74 Å². The van der Waals surface area contributed by atoms with Crippen LogP contribution in [-0.2, 0) is 14.3 Å². The topological polar surface area (TPSA) is 119 Å². The SMILES string of the molecule is NNC(=O)C12CCCCC(C(=O)NN)(CC1)O2. The molecule has 2 heterocycles. The fraction of sp³-hybridized carbons (Fsp3) is 0.800. The van der Waals surface area contributed by atoms with Gasteiger partial charge in [-0.2, -0.15) is 0 Å². The van der Waals surface area contributed by atoms with Gasteiger partial charge in [-0.15, -0.1) is 0 Å². The lowest BCUT2D eigenvalue weighted by molar-refractivity contribution is -0.165. The lowest BCUT2D eigenvalue weighted by Gasteiger charge is -2.29. The van der Waals surface area contributed by atoms with Crippen LogP contribution in [0.5, 0.6) is 0 Å². The highest BCUT2D eigenvalue weighted by molar-refractivity contribution is 5.89. The number of rotatable bonds is 2. The van der Waals surface area contributed by atoms with Crippen molar-refractivity contribution in [1.82, 2.24) is 10.9 Å². The van der Waals surface area contributed by atoms with Crippen molar-refractivity contribution in [2.24, 2.45) is 11.7 Å². The van der Waals surface area contributed by atoms with Crippen LogP contribution in [0.2, 0.25) is 0 Å². The third-order valence-corrected chi connectivity index (χ3v) is 3.82. The van der Waals surface area contributed by atoms with Gasteiger partial charge in [-0.25, -0.2) is 11.7 Å². The molecule has 2 amide bonds. The molecule has 0 spiro atoms. The Morgan fingerprint density at radius 2 is 1.29 bits per heavy atom. The molecule has 2 unspecified atom stereocenters. The number of hydrogen-bond donors (Lipinski definition) is 4. The second-order valence-corrected chi connectivity index (χ2v) is 4.74. The molecule has 96 valence electrons. The van der Waals surface area contributed by atoms with Crippen molar-refractivity contribution in [2.75, 3.05) is 0 Å². The van der Waals surface area contributed by atoms with Crippen molar-refractivity contribution in [2.45, 2.75) is 49.7 Å². The van der Waals surface area contributed by atoms with E-state index in [2.05, 4.69) is 10.9 Å². The summed E-state index contributed by atoms with van der Waals surface area (Å²) in [5.41, 5.74) is 2.34. The molecule has 0 aromatic rings. The van der Waals surface area contributed by atoms with Gasteiger partial charge in [0.15, 0.2) is 0 Å². The third kappa shape index (κ3) is 1.80. The lowest BCUT2D eigenvalue weighted by atomic mass is 9.85. The molecular formula is C10H18N4O3. The first kappa shape index (κ1) is 12.3. The number of amides is 2. The third-order valence-electron chi connectivity index (χ3n) is 3.82. The number of carbonyl (C=O) groups excluding carboxylic acids is 2. The van der Waals surface area contributed by atoms with Crippen LogP contribution in [0.1, 0.15) is 38.5 Å². The maximum atomic E-state index is 11.8. The van der Waals surface area contributed by atoms with E-state index in [-0.39, 0.29) is 11.8 Å². The summed E-state index contributed by atoms with van der Waals surface area (Å²) < 4.78 is 5.82. The van der Waals surface area contributed by atoms with Crippen molar-refractivity contribution >= 4 is 11.8 Å². The Labute approximate surface area is 99.2 Å². The van der Waals surface area contributed by atoms with E-state index in [0.717, 1.165) is 12.8 Å². The fourth-order valence-electron chi connectivity index (χ4n) is 2.86. The van der Waals surface area contributed by atoms with E-state index in [0.29, 0.717) is 25.7 Å². The van der Waals surface area contributed by atoms with Gasteiger partial charge in [-0.3, -0.25) is 20.4 Å². The predicted octanol–water partition coefficient (Wildman–Crippen LogP) is -1.17. The fourth-order valence-corrected chi connectivity index (χ4v) is 2.86. The van der Waals surface area contributed by atoms with Crippen molar-refractivity contribution in [3.8, 4) is 0 Å². The molecule has 2 saturated heterocycles. The molecule has 2 bridgehead atoms. The highest BCUT2D eigenvalue weighted by Gasteiger charge is 2.57. The normalized spacial score (nSPS) is 36.1. The highest BCUT2D eigenvalue weighted by atomic mass is 16.5. The Hall–Kier alpha value is -1.18. The average molecular weight is 242 g/mol. The molecule has 0 radical (unpaired) electrons. The quantitative estimate of drug-likeness (QED) is 0.276. The molecule has 17 heavy (non-hydrogen) atoms. The maximum Gasteiger partial charge on any atom is 0.266 e. The number of ether oxygens (including phenoxy) is 1. The second kappa shape index (κ2) is 4.25. The Kier molecular flexibility index (Phi) is 3.07. The van der Waals surface area contributed by atoms with Crippen LogP contribution < -0.4 is 22.5 Å². The van der Waals surface area contributed by atoms with Crippen LogP contribution in [-0.4, -0.2) is 23.0 Å². The maximum absolute atomic E-state index is 11.8. The van der Waals surface area contributed by atoms with Crippen LogP contribution in [0.3, 0.4) is 0 Å². The molecule has 0 aromatic heterocycles. The Bertz CT molecular complexity index is 316. The van der Waals surface area contributed by atoms with Gasteiger partial charge >= 0.3 is 0 Å². The molecule has 0 aliphatic carbocycles. The number of nitrogens with one attached hydrogen (secondary N) is 2. The van der Waals surface area contributed by atoms with Crippen LogP contribution in [0.4, 0.5) is 0 Å². The molecule has 2 fully saturated rings. The van der Waals surface area contributed by atoms with E-state index in [1.165, 1.54) is 0 Å². The molecule has 2 aliphatic heterocycles. The summed E-state index contributed by atoms with van der Waals surface area (Å²) in [4.78, 5) is 23.7. The molecular weight excluding hydrogens is 224 g/mol. The van der Waals surface area contributed by atoms with Crippen LogP contribution >= 0.6 is 0 Å². The molecule has 0 saturated carbocycles. The Morgan fingerprint density at radius 1 is 0.882 bits per heavy atom. The first-order valence-electron chi connectivity index (χ1n) is 5.81. The van der Waals surface area contributed by atoms with Crippen molar-refractivity contribution < 1.29 is 14.3 Å². The summed E-state index contributed by atoms with van der Waals surface area (Å²) in [5, 5.41) is 0. The van der Waals surface area contributed by atoms with E-state index in [9.17, 15) is 9.59 Å². The van der Waals surface area contributed by atoms with Gasteiger partial charge in [-0.1, -0.05) is 0 Å². The zero-order chi connectivity index (χ0) is 12.5. The largest absolute Gasteiger partial charge is 0.349 e. The lowest BCUT2D eigenvalue weighted by Crippen LogP contribution is -2.54. The smallest absolute Gasteiger partial charge is 0.266 e. The van der Waals surface area contributed by atoms with Crippen molar-refractivity contribution in [1.29, 1.82) is 0 Å². The van der Waals surface area contributed by atoms with Gasteiger partial charge in [0.1, 0.15) is 11.2 Å². The van der Waals surface area contributed by atoms with E-state index < -0.39 is 11.2 Å². The summed E-state index contributed by atoms with van der Waals surface area (Å²) in [6.45, 7) is 0. The summed E-state index contributed by atoms with van der Waals surface area (Å²) in [6.07, 6.45) is 3.87. The van der Waals surface area contributed by atoms with Crippen molar-refractivity contribution in [3.05, 3.63) is 0 Å². The first-order valence-corrected chi connectivity index (χ1v) is 5.81. The van der Waals surface area contributed by atoms with Crippen LogP contribution in [0.15, 0.2) is 0 Å². The zero-order valence-electron chi connectivity index (χ0n) is 9.62. The highest BCUT2D eigenvalue weighted by Crippen LogP contribution is 2.46. The average Bonchev–Trinajstić information content (AvgIpc) is 2.61. The number of carbonyl (C=O) groups is 2. The molecule has 7 nitrogen and oxygen atoms in total. The Morgan fingerprint density at radius 3 is 1.65 bits per heavy atom. The predicted molar refractivity (Wildman–Crippen MR) is 58.9 cm³/mol. The first-order chi connectivity index (χ1) is 8.08. The molecule has 2 rings (SSSR count). The summed E-state index contributed by atoms with van der Waals surface area (Å²) in [7, 11) is 0. The minimum Gasteiger partial charge on any atom is -0.349 e. The van der Waals surface area contributed by atoms with Crippen molar-refractivity contribution in [3.63, 3.8) is 0 Å². The van der Waals surface area contributed by atoms with E-state index in [1.54, 1.807) is 0 Å². The summed E-state index contributed by atoms with van der Waals surface area (Å²) in [6, 6.07) is 0. The zero-order valence-corrected chi connectivity index (χ0v) is 9.62. The van der Waals surface area contributed by atoms with Gasteiger partial charge in [0.2, 0.25) is 0 Å². The van der Waals surface area contributed by atoms with Gasteiger partial charge in [-0.05, 0) is 38.5 Å². The van der Waals surface area contributed by atoms with E-state index >= 15 is 0 Å². The van der Waals surface area contributed by atoms with Gasteiger partial charge in [0.05, 0.1) is 0 Å². The molecule has 2 aliphatic rings. The molecule has 0 aromatic carbocycles. The minimum absolute atomic E-state index is 0.355. The minimum atomic E-state index is -0.961. The number of hydrazine groups is 2. The van der Waals surface area contributed by atoms with Crippen LogP contribution in [0.25, 0.3) is 0 Å². The summed E-state index contributed by atoms with van der Waals surface area (Å²) >= 11 is 0. The number of hydrogen-bond acceptors (Lipinski definition) is 5. The standard InChI is InChI=1S/C10H18N4O3/c11-13-7(15)9-3-1-2-4-10(17-9,6-5-9)8(16)14-12/h1-6,11-12H2,(H,13,15)(H,14,16). The van der Waals surface area contributed by atoms with E-state index in [1.807, 2.05) is 0 Å². The van der Waals surface area contributed by atoms with E-state index in [4.69, 9.17) is 16.4 Å². The van der Waals surface area contributed by atoms with Gasteiger partial charge in [0.25, 0.3) is 11.8 Å². The molecule has 6 N–H and O–H groups in total. The van der Waals surface area contributed by atoms with Crippen LogP contribution in [0, 0.1) is 0 Å². The molecule has 2 atom stereocenters. The monoisotopic (exact) mass is 242 g/mol. The van der Waals surface area contributed by atoms with Gasteiger partial charge in [0, 0.05) is 0 Å². The second-order valence-electron chi connectivity index (χ2n) is 4.74. The number of nitrogens with two attached hydrogens (primary N) is 2. The molecule has 7 heteroatoms. The summed E-state index contributed by atoms with van der Waals surface area (Å²) in [5.74, 6) is 9.65. The number of fused-ring (bicyclic) bond motifs is 2.